The van der Waals surface area contributed by atoms with Gasteiger partial charge in [-0.25, -0.2) is 12.7 Å². The van der Waals surface area contributed by atoms with Crippen molar-refractivity contribution in [3.05, 3.63) is 0 Å². The Morgan fingerprint density at radius 3 is 1.57 bits per heavy atom. The van der Waals surface area contributed by atoms with Crippen LogP contribution in [0.4, 0.5) is 0 Å². The van der Waals surface area contributed by atoms with Crippen molar-refractivity contribution >= 4 is 34.0 Å². The summed E-state index contributed by atoms with van der Waals surface area (Å²) in [6, 6.07) is 0. The molecule has 0 bridgehead atoms. The molecule has 6 heteroatoms. The summed E-state index contributed by atoms with van der Waals surface area (Å²) in [5.41, 5.74) is 0. The normalized spacial score (nSPS) is 12.4. The van der Waals surface area contributed by atoms with E-state index >= 15 is 0 Å². The number of quaternary nitrogens is 1. The fraction of sp³-hybridized carbons (Fsp3) is 1.00. The second-order valence-corrected chi connectivity index (χ2v) is 11.1. The molecule has 0 amide bonds. The van der Waals surface area contributed by atoms with Gasteiger partial charge in [0.25, 0.3) is 0 Å². The van der Waals surface area contributed by atoms with Gasteiger partial charge < -0.3 is 4.48 Å². The molecule has 28 heavy (non-hydrogen) atoms. The van der Waals surface area contributed by atoms with Gasteiger partial charge in [0.2, 0.25) is 10.0 Å². The van der Waals surface area contributed by atoms with Gasteiger partial charge in [-0.1, -0.05) is 77.6 Å². The molecular weight excluding hydrogens is 483 g/mol. The third-order valence-corrected chi connectivity index (χ3v) is 7.76. The predicted molar refractivity (Wildman–Crippen MR) is 135 cm³/mol. The molecular formula is C22H50IN2O2S+. The molecule has 0 aliphatic rings. The Hall–Kier alpha value is 0.600. The molecule has 0 heterocycles. The van der Waals surface area contributed by atoms with E-state index in [1.54, 1.807) is 11.4 Å². The fourth-order valence-corrected chi connectivity index (χ4v) is 4.59. The predicted octanol–water partition coefficient (Wildman–Crippen LogP) is 6.05. The van der Waals surface area contributed by atoms with E-state index in [1.807, 2.05) is 0 Å². The van der Waals surface area contributed by atoms with Gasteiger partial charge in [-0.3, -0.25) is 0 Å². The number of nitrogens with zero attached hydrogens (tertiary/aromatic N) is 2. The van der Waals surface area contributed by atoms with Crippen molar-refractivity contribution in [2.45, 2.75) is 97.3 Å². The molecule has 0 fully saturated rings. The first-order chi connectivity index (χ1) is 12.7. The SMILES string of the molecule is CCCCCCCCCCCCCCS(=O)(=O)N(C)CCC[N+](C)(C)CC.I. The second kappa shape index (κ2) is 18.4. The van der Waals surface area contributed by atoms with Gasteiger partial charge in [-0.2, -0.15) is 0 Å². The zero-order chi connectivity index (χ0) is 20.6. The summed E-state index contributed by atoms with van der Waals surface area (Å²) in [7, 11) is 3.06. The van der Waals surface area contributed by atoms with Gasteiger partial charge in [-0.15, -0.1) is 24.0 Å². The highest BCUT2D eigenvalue weighted by atomic mass is 127. The summed E-state index contributed by atoms with van der Waals surface area (Å²) in [4.78, 5) is 0. The number of halogens is 1. The average Bonchev–Trinajstić information content (AvgIpc) is 2.62. The fourth-order valence-electron chi connectivity index (χ4n) is 3.30. The first-order valence-electron chi connectivity index (χ1n) is 11.5. The lowest BCUT2D eigenvalue weighted by atomic mass is 10.1. The first-order valence-corrected chi connectivity index (χ1v) is 13.1. The van der Waals surface area contributed by atoms with E-state index in [4.69, 9.17) is 0 Å². The van der Waals surface area contributed by atoms with Gasteiger partial charge in [-0.05, 0) is 13.3 Å². The van der Waals surface area contributed by atoms with E-state index < -0.39 is 10.0 Å². The van der Waals surface area contributed by atoms with E-state index in [-0.39, 0.29) is 24.0 Å². The Balaban J connectivity index is 0. The molecule has 0 aliphatic heterocycles. The molecule has 0 aliphatic carbocycles. The highest BCUT2D eigenvalue weighted by Crippen LogP contribution is 2.13. The summed E-state index contributed by atoms with van der Waals surface area (Å²) < 4.78 is 27.2. The molecule has 0 saturated carbocycles. The minimum Gasteiger partial charge on any atom is -0.329 e. The summed E-state index contributed by atoms with van der Waals surface area (Å²) in [6.45, 7) is 7.18. The largest absolute Gasteiger partial charge is 0.329 e. The lowest BCUT2D eigenvalue weighted by molar-refractivity contribution is -0.888. The molecule has 0 atom stereocenters. The molecule has 0 rings (SSSR count). The van der Waals surface area contributed by atoms with Crippen LogP contribution in [0.5, 0.6) is 0 Å². The van der Waals surface area contributed by atoms with Crippen molar-refractivity contribution in [3.8, 4) is 0 Å². The Bertz CT molecular complexity index is 442. The molecule has 0 aromatic heterocycles. The standard InChI is InChI=1S/C22H49N2O2S.HI/c1-6-8-9-10-11-12-13-14-15-16-17-18-22-27(25,26)23(3)20-19-21-24(4,5)7-2;/h6-22H2,1-5H3;1H/q+1;. The number of unbranched alkanes of at least 4 members (excludes halogenated alkanes) is 11. The Kier molecular flexibility index (Phi) is 20.2. The number of hydrogen-bond acceptors (Lipinski definition) is 2. The minimum absolute atomic E-state index is 0. The summed E-state index contributed by atoms with van der Waals surface area (Å²) in [6.07, 6.45) is 16.1. The molecule has 0 N–H and O–H groups in total. The Morgan fingerprint density at radius 2 is 1.14 bits per heavy atom. The molecule has 0 unspecified atom stereocenters. The Labute approximate surface area is 194 Å². The van der Waals surface area contributed by atoms with E-state index in [2.05, 4.69) is 27.9 Å². The topological polar surface area (TPSA) is 37.4 Å². The number of sulfonamides is 1. The highest BCUT2D eigenvalue weighted by molar-refractivity contribution is 14.0. The van der Waals surface area contributed by atoms with Gasteiger partial charge in [0, 0.05) is 20.0 Å². The average molecular weight is 534 g/mol. The van der Waals surface area contributed by atoms with Crippen LogP contribution in [0.15, 0.2) is 0 Å². The molecule has 0 spiro atoms. The molecule has 0 saturated heterocycles. The zero-order valence-corrected chi connectivity index (χ0v) is 22.7. The maximum absolute atomic E-state index is 12.4. The molecule has 0 aromatic rings. The molecule has 0 aromatic carbocycles. The second-order valence-electron chi connectivity index (χ2n) is 8.86. The molecule has 4 nitrogen and oxygen atoms in total. The maximum Gasteiger partial charge on any atom is 0.213 e. The van der Waals surface area contributed by atoms with Crippen LogP contribution in [0.2, 0.25) is 0 Å². The molecule has 172 valence electrons. The molecule has 0 radical (unpaired) electrons. The van der Waals surface area contributed by atoms with Crippen LogP contribution in [0.25, 0.3) is 0 Å². The van der Waals surface area contributed by atoms with Crippen LogP contribution in [0.1, 0.15) is 97.3 Å². The first kappa shape index (κ1) is 30.8. The van der Waals surface area contributed by atoms with Crippen LogP contribution < -0.4 is 0 Å². The summed E-state index contributed by atoms with van der Waals surface area (Å²) in [5.74, 6) is 0.312. The Morgan fingerprint density at radius 1 is 0.714 bits per heavy atom. The van der Waals surface area contributed by atoms with Gasteiger partial charge >= 0.3 is 0 Å². The van der Waals surface area contributed by atoms with Crippen molar-refractivity contribution in [1.29, 1.82) is 0 Å². The van der Waals surface area contributed by atoms with Crippen molar-refractivity contribution in [2.24, 2.45) is 0 Å². The van der Waals surface area contributed by atoms with Crippen LogP contribution in [0, 0.1) is 0 Å². The van der Waals surface area contributed by atoms with Crippen molar-refractivity contribution in [3.63, 3.8) is 0 Å². The van der Waals surface area contributed by atoms with Crippen molar-refractivity contribution in [2.75, 3.05) is 46.5 Å². The van der Waals surface area contributed by atoms with Crippen LogP contribution >= 0.6 is 24.0 Å². The highest BCUT2D eigenvalue weighted by Gasteiger charge is 2.18. The smallest absolute Gasteiger partial charge is 0.213 e. The number of hydrogen-bond donors (Lipinski definition) is 0. The van der Waals surface area contributed by atoms with Crippen molar-refractivity contribution < 1.29 is 12.9 Å². The van der Waals surface area contributed by atoms with E-state index in [0.717, 1.165) is 36.8 Å². The van der Waals surface area contributed by atoms with Crippen LogP contribution in [-0.4, -0.2) is 63.7 Å². The monoisotopic (exact) mass is 533 g/mol. The van der Waals surface area contributed by atoms with Crippen molar-refractivity contribution in [1.82, 2.24) is 4.31 Å². The van der Waals surface area contributed by atoms with Crippen LogP contribution in [-0.2, 0) is 10.0 Å². The van der Waals surface area contributed by atoms with Gasteiger partial charge in [0.1, 0.15) is 0 Å². The van der Waals surface area contributed by atoms with E-state index in [0.29, 0.717) is 12.3 Å². The quantitative estimate of drug-likeness (QED) is 0.115. The zero-order valence-electron chi connectivity index (χ0n) is 19.5. The van der Waals surface area contributed by atoms with Gasteiger partial charge in [0.15, 0.2) is 0 Å². The summed E-state index contributed by atoms with van der Waals surface area (Å²) >= 11 is 0. The summed E-state index contributed by atoms with van der Waals surface area (Å²) in [5, 5.41) is 0. The maximum atomic E-state index is 12.4. The van der Waals surface area contributed by atoms with E-state index in [9.17, 15) is 8.42 Å². The lowest BCUT2D eigenvalue weighted by Gasteiger charge is -2.29. The minimum atomic E-state index is -3.07. The van der Waals surface area contributed by atoms with Gasteiger partial charge in [0.05, 0.1) is 32.9 Å². The van der Waals surface area contributed by atoms with Crippen LogP contribution in [0.3, 0.4) is 0 Å². The third kappa shape index (κ3) is 17.5. The third-order valence-electron chi connectivity index (χ3n) is 5.82. The number of rotatable bonds is 19. The lowest BCUT2D eigenvalue weighted by Crippen LogP contribution is -2.41. The van der Waals surface area contributed by atoms with E-state index in [1.165, 1.54) is 64.2 Å².